The summed E-state index contributed by atoms with van der Waals surface area (Å²) in [6, 6.07) is 4.83. The second-order valence-electron chi connectivity index (χ2n) is 5.07. The second kappa shape index (κ2) is 8.09. The predicted molar refractivity (Wildman–Crippen MR) is 91.9 cm³/mol. The maximum atomic E-state index is 12.5. The highest BCUT2D eigenvalue weighted by atomic mass is 35.5. The molecule has 2 rings (SSSR count). The van der Waals surface area contributed by atoms with E-state index in [0.717, 1.165) is 5.75 Å². The SMILES string of the molecule is CSCCC(=O)N1CCN(C(=O)c2cc(Cl)cc(Cl)c2)CC1. The van der Waals surface area contributed by atoms with Gasteiger partial charge in [0.2, 0.25) is 5.91 Å². The first-order valence-electron chi connectivity index (χ1n) is 7.03. The first kappa shape index (κ1) is 17.4. The molecule has 2 amide bonds. The zero-order valence-electron chi connectivity index (χ0n) is 12.3. The summed E-state index contributed by atoms with van der Waals surface area (Å²) in [5.74, 6) is 0.895. The lowest BCUT2D eigenvalue weighted by Gasteiger charge is -2.35. The van der Waals surface area contributed by atoms with Crippen molar-refractivity contribution in [3.63, 3.8) is 0 Å². The van der Waals surface area contributed by atoms with Gasteiger partial charge in [-0.3, -0.25) is 9.59 Å². The van der Waals surface area contributed by atoms with Gasteiger partial charge in [0.25, 0.3) is 5.91 Å². The van der Waals surface area contributed by atoms with Crippen molar-refractivity contribution in [2.24, 2.45) is 0 Å². The van der Waals surface area contributed by atoms with Crippen LogP contribution >= 0.6 is 35.0 Å². The molecule has 0 atom stereocenters. The highest BCUT2D eigenvalue weighted by Gasteiger charge is 2.24. The highest BCUT2D eigenvalue weighted by molar-refractivity contribution is 7.98. The molecule has 22 heavy (non-hydrogen) atoms. The number of halogens is 2. The molecule has 0 aromatic heterocycles. The minimum atomic E-state index is -0.0967. The minimum absolute atomic E-state index is 0.0967. The zero-order chi connectivity index (χ0) is 16.1. The van der Waals surface area contributed by atoms with Crippen molar-refractivity contribution >= 4 is 46.8 Å². The first-order valence-corrected chi connectivity index (χ1v) is 9.18. The number of amides is 2. The van der Waals surface area contributed by atoms with Gasteiger partial charge in [-0.2, -0.15) is 11.8 Å². The number of nitrogens with zero attached hydrogens (tertiary/aromatic N) is 2. The molecule has 120 valence electrons. The predicted octanol–water partition coefficient (Wildman–Crippen LogP) is 3.03. The minimum Gasteiger partial charge on any atom is -0.339 e. The number of carbonyl (C=O) groups is 2. The Bertz CT molecular complexity index is 540. The Balaban J connectivity index is 1.93. The number of benzene rings is 1. The molecule has 0 bridgehead atoms. The molecule has 0 aliphatic carbocycles. The molecule has 0 saturated carbocycles. The molecule has 1 aliphatic rings. The van der Waals surface area contributed by atoms with Gasteiger partial charge in [-0.15, -0.1) is 0 Å². The quantitative estimate of drug-likeness (QED) is 0.828. The van der Waals surface area contributed by atoms with Crippen molar-refractivity contribution in [3.8, 4) is 0 Å². The van der Waals surface area contributed by atoms with E-state index in [9.17, 15) is 9.59 Å². The monoisotopic (exact) mass is 360 g/mol. The van der Waals surface area contributed by atoms with E-state index in [1.165, 1.54) is 0 Å². The molecule has 0 unspecified atom stereocenters. The lowest BCUT2D eigenvalue weighted by molar-refractivity contribution is -0.132. The Labute approximate surface area is 144 Å². The Morgan fingerprint density at radius 1 is 1.05 bits per heavy atom. The van der Waals surface area contributed by atoms with Gasteiger partial charge in [0.05, 0.1) is 0 Å². The summed E-state index contributed by atoms with van der Waals surface area (Å²) < 4.78 is 0. The van der Waals surface area contributed by atoms with Crippen LogP contribution in [-0.2, 0) is 4.79 Å². The molecule has 0 spiro atoms. The largest absolute Gasteiger partial charge is 0.339 e. The smallest absolute Gasteiger partial charge is 0.254 e. The third kappa shape index (κ3) is 4.54. The number of hydrogen-bond acceptors (Lipinski definition) is 3. The molecule has 1 aromatic carbocycles. The summed E-state index contributed by atoms with van der Waals surface area (Å²) in [5, 5.41) is 0.892. The van der Waals surface area contributed by atoms with Crippen LogP contribution < -0.4 is 0 Å². The molecule has 0 radical (unpaired) electrons. The van der Waals surface area contributed by atoms with Gasteiger partial charge in [-0.05, 0) is 24.5 Å². The first-order chi connectivity index (χ1) is 10.5. The zero-order valence-corrected chi connectivity index (χ0v) is 14.7. The highest BCUT2D eigenvalue weighted by Crippen LogP contribution is 2.20. The summed E-state index contributed by atoms with van der Waals surface area (Å²) in [6.07, 6.45) is 2.54. The van der Waals surface area contributed by atoms with E-state index in [4.69, 9.17) is 23.2 Å². The summed E-state index contributed by atoms with van der Waals surface area (Å²) in [4.78, 5) is 28.0. The Morgan fingerprint density at radius 2 is 1.59 bits per heavy atom. The number of carbonyl (C=O) groups excluding carboxylic acids is 2. The van der Waals surface area contributed by atoms with E-state index in [1.807, 2.05) is 11.2 Å². The summed E-state index contributed by atoms with van der Waals surface area (Å²) in [6.45, 7) is 2.22. The van der Waals surface area contributed by atoms with Crippen molar-refractivity contribution in [1.29, 1.82) is 0 Å². The van der Waals surface area contributed by atoms with Crippen LogP contribution in [0.4, 0.5) is 0 Å². The van der Waals surface area contributed by atoms with Crippen LogP contribution in [0.2, 0.25) is 10.0 Å². The van der Waals surface area contributed by atoms with Crippen molar-refractivity contribution in [3.05, 3.63) is 33.8 Å². The normalized spacial score (nSPS) is 15.0. The Hall–Kier alpha value is -0.910. The molecule has 1 aliphatic heterocycles. The van der Waals surface area contributed by atoms with E-state index in [1.54, 1.807) is 34.9 Å². The van der Waals surface area contributed by atoms with Gasteiger partial charge in [0.1, 0.15) is 0 Å². The number of piperazine rings is 1. The number of rotatable bonds is 4. The fourth-order valence-corrected chi connectivity index (χ4v) is 3.27. The van der Waals surface area contributed by atoms with E-state index < -0.39 is 0 Å². The summed E-state index contributed by atoms with van der Waals surface area (Å²) in [7, 11) is 0. The Morgan fingerprint density at radius 3 is 2.14 bits per heavy atom. The number of thioether (sulfide) groups is 1. The van der Waals surface area contributed by atoms with Gasteiger partial charge >= 0.3 is 0 Å². The van der Waals surface area contributed by atoms with Crippen LogP contribution in [0.3, 0.4) is 0 Å². The summed E-state index contributed by atoms with van der Waals surface area (Å²) in [5.41, 5.74) is 0.486. The summed E-state index contributed by atoms with van der Waals surface area (Å²) >= 11 is 13.5. The molecule has 0 N–H and O–H groups in total. The third-order valence-electron chi connectivity index (χ3n) is 3.55. The fourth-order valence-electron chi connectivity index (χ4n) is 2.37. The maximum absolute atomic E-state index is 12.5. The fraction of sp³-hybridized carbons (Fsp3) is 0.467. The van der Waals surface area contributed by atoms with Gasteiger partial charge in [0, 0.05) is 54.0 Å². The van der Waals surface area contributed by atoms with Gasteiger partial charge in [0.15, 0.2) is 0 Å². The topological polar surface area (TPSA) is 40.6 Å². The lowest BCUT2D eigenvalue weighted by Crippen LogP contribution is -2.50. The molecule has 1 aromatic rings. The van der Waals surface area contributed by atoms with Crippen molar-refractivity contribution in [2.45, 2.75) is 6.42 Å². The standard InChI is InChI=1S/C15H18Cl2N2O2S/c1-22-7-2-14(20)18-3-5-19(6-4-18)15(21)11-8-12(16)10-13(17)9-11/h8-10H,2-7H2,1H3. The van der Waals surface area contributed by atoms with Crippen LogP contribution in [0.1, 0.15) is 16.8 Å². The van der Waals surface area contributed by atoms with Gasteiger partial charge < -0.3 is 9.80 Å². The van der Waals surface area contributed by atoms with Crippen molar-refractivity contribution in [2.75, 3.05) is 38.2 Å². The Kier molecular flexibility index (Phi) is 6.41. The van der Waals surface area contributed by atoms with Crippen LogP contribution in [0.25, 0.3) is 0 Å². The second-order valence-corrected chi connectivity index (χ2v) is 6.93. The molecule has 1 saturated heterocycles. The molecular weight excluding hydrogens is 343 g/mol. The maximum Gasteiger partial charge on any atom is 0.254 e. The molecule has 7 heteroatoms. The van der Waals surface area contributed by atoms with Crippen LogP contribution in [0, 0.1) is 0 Å². The van der Waals surface area contributed by atoms with E-state index in [2.05, 4.69) is 0 Å². The number of hydrogen-bond donors (Lipinski definition) is 0. The molecule has 4 nitrogen and oxygen atoms in total. The van der Waals surface area contributed by atoms with Crippen molar-refractivity contribution < 1.29 is 9.59 Å². The molecule has 1 fully saturated rings. The van der Waals surface area contributed by atoms with Crippen LogP contribution in [0.5, 0.6) is 0 Å². The van der Waals surface area contributed by atoms with Gasteiger partial charge in [-0.1, -0.05) is 23.2 Å². The van der Waals surface area contributed by atoms with Crippen LogP contribution in [-0.4, -0.2) is 59.8 Å². The van der Waals surface area contributed by atoms with Crippen molar-refractivity contribution in [1.82, 2.24) is 9.80 Å². The average molecular weight is 361 g/mol. The van der Waals surface area contributed by atoms with E-state index >= 15 is 0 Å². The molecule has 1 heterocycles. The third-order valence-corrected chi connectivity index (χ3v) is 4.60. The average Bonchev–Trinajstić information content (AvgIpc) is 2.51. The molecular formula is C15H18Cl2N2O2S. The van der Waals surface area contributed by atoms with Gasteiger partial charge in [-0.25, -0.2) is 0 Å². The van der Waals surface area contributed by atoms with E-state index in [0.29, 0.717) is 48.2 Å². The lowest BCUT2D eigenvalue weighted by atomic mass is 10.1. The van der Waals surface area contributed by atoms with Crippen LogP contribution in [0.15, 0.2) is 18.2 Å². The van der Waals surface area contributed by atoms with E-state index in [-0.39, 0.29) is 11.8 Å².